The average Bonchev–Trinajstić information content (AvgIpc) is 2.46. The van der Waals surface area contributed by atoms with E-state index in [0.29, 0.717) is 18.1 Å². The normalized spacial score (nSPS) is 10.8. The molecule has 0 atom stereocenters. The molecule has 0 fully saturated rings. The Bertz CT molecular complexity index is 405. The summed E-state index contributed by atoms with van der Waals surface area (Å²) in [4.78, 5) is 8.17. The van der Waals surface area contributed by atoms with E-state index in [-0.39, 0.29) is 0 Å². The van der Waals surface area contributed by atoms with Crippen molar-refractivity contribution in [3.8, 4) is 0 Å². The van der Waals surface area contributed by atoms with Gasteiger partial charge in [-0.2, -0.15) is 4.98 Å². The molecule has 0 saturated heterocycles. The van der Waals surface area contributed by atoms with Crippen LogP contribution in [0.25, 0.3) is 5.78 Å². The Balaban J connectivity index is 2.67. The second kappa shape index (κ2) is 2.53. The number of rotatable bonds is 1. The van der Waals surface area contributed by atoms with E-state index < -0.39 is 0 Å². The number of fused-ring (bicyclic) bond motifs is 1. The molecule has 0 spiro atoms. The maximum Gasteiger partial charge on any atom is 0.252 e. The van der Waals surface area contributed by atoms with E-state index in [1.165, 1.54) is 0 Å². The minimum atomic E-state index is 0.350. The van der Waals surface area contributed by atoms with Crippen molar-refractivity contribution in [3.63, 3.8) is 0 Å². The van der Waals surface area contributed by atoms with Crippen LogP contribution in [0.2, 0.25) is 0 Å². The molecule has 2 rings (SSSR count). The summed E-state index contributed by atoms with van der Waals surface area (Å²) in [6.07, 6.45) is 3.62. The van der Waals surface area contributed by atoms with Crippen LogP contribution in [0.15, 0.2) is 12.4 Å². The van der Waals surface area contributed by atoms with Gasteiger partial charge in [0.1, 0.15) is 0 Å². The zero-order valence-corrected chi connectivity index (χ0v) is 6.73. The van der Waals surface area contributed by atoms with E-state index in [2.05, 4.69) is 15.1 Å². The summed E-state index contributed by atoms with van der Waals surface area (Å²) in [5, 5.41) is 4.11. The fourth-order valence-corrected chi connectivity index (χ4v) is 1.00. The Morgan fingerprint density at radius 1 is 1.58 bits per heavy atom. The van der Waals surface area contributed by atoms with Gasteiger partial charge in [-0.15, -0.1) is 5.10 Å². The summed E-state index contributed by atoms with van der Waals surface area (Å²) in [5.41, 5.74) is 6.44. The summed E-state index contributed by atoms with van der Waals surface area (Å²) in [5.74, 6) is 1.22. The molecule has 2 aromatic rings. The Hall–Kier alpha value is -1.49. The largest absolute Gasteiger partial charge is 0.324 e. The van der Waals surface area contributed by atoms with Gasteiger partial charge in [-0.1, -0.05) is 0 Å². The van der Waals surface area contributed by atoms with Gasteiger partial charge in [0.05, 0.1) is 6.54 Å². The zero-order valence-electron chi connectivity index (χ0n) is 6.73. The Kier molecular flexibility index (Phi) is 1.51. The molecule has 5 nitrogen and oxygen atoms in total. The van der Waals surface area contributed by atoms with E-state index in [4.69, 9.17) is 5.73 Å². The molecule has 0 aliphatic rings. The summed E-state index contributed by atoms with van der Waals surface area (Å²) in [6.45, 7) is 2.30. The Labute approximate surface area is 69.2 Å². The zero-order chi connectivity index (χ0) is 8.55. The molecule has 0 saturated carbocycles. The highest BCUT2D eigenvalue weighted by molar-refractivity contribution is 5.27. The Morgan fingerprint density at radius 2 is 2.42 bits per heavy atom. The van der Waals surface area contributed by atoms with Crippen LogP contribution in [-0.4, -0.2) is 19.6 Å². The molecule has 0 radical (unpaired) electrons. The van der Waals surface area contributed by atoms with Crippen LogP contribution < -0.4 is 5.73 Å². The smallest absolute Gasteiger partial charge is 0.252 e. The van der Waals surface area contributed by atoms with E-state index >= 15 is 0 Å². The van der Waals surface area contributed by atoms with E-state index in [0.717, 1.165) is 5.56 Å². The van der Waals surface area contributed by atoms with Gasteiger partial charge in [-0.05, 0) is 12.5 Å². The van der Waals surface area contributed by atoms with Crippen molar-refractivity contribution in [1.82, 2.24) is 19.6 Å². The van der Waals surface area contributed by atoms with Crippen molar-refractivity contribution in [2.75, 3.05) is 0 Å². The second-order valence-corrected chi connectivity index (χ2v) is 2.61. The second-order valence-electron chi connectivity index (χ2n) is 2.61. The number of nitrogens with zero attached hydrogens (tertiary/aromatic N) is 4. The predicted molar refractivity (Wildman–Crippen MR) is 43.4 cm³/mol. The summed E-state index contributed by atoms with van der Waals surface area (Å²) >= 11 is 0. The molecule has 2 heterocycles. The van der Waals surface area contributed by atoms with E-state index in [1.807, 2.05) is 13.1 Å². The molecule has 2 N–H and O–H groups in total. The number of hydrogen-bond donors (Lipinski definition) is 1. The summed E-state index contributed by atoms with van der Waals surface area (Å²) < 4.78 is 1.64. The van der Waals surface area contributed by atoms with Gasteiger partial charge in [0, 0.05) is 12.4 Å². The lowest BCUT2D eigenvalue weighted by molar-refractivity contribution is 0.860. The molecular formula is C7H9N5. The number of nitrogens with two attached hydrogens (primary N) is 1. The van der Waals surface area contributed by atoms with Gasteiger partial charge < -0.3 is 5.73 Å². The van der Waals surface area contributed by atoms with Gasteiger partial charge >= 0.3 is 0 Å². The third-order valence-electron chi connectivity index (χ3n) is 1.55. The van der Waals surface area contributed by atoms with E-state index in [9.17, 15) is 0 Å². The Morgan fingerprint density at radius 3 is 3.17 bits per heavy atom. The highest BCUT2D eigenvalue weighted by Gasteiger charge is 2.01. The number of hydrogen-bond acceptors (Lipinski definition) is 4. The molecule has 2 aromatic heterocycles. The maximum absolute atomic E-state index is 5.39. The van der Waals surface area contributed by atoms with Gasteiger partial charge in [0.2, 0.25) is 0 Å². The molecule has 62 valence electrons. The van der Waals surface area contributed by atoms with Gasteiger partial charge in [0.15, 0.2) is 5.82 Å². The first-order valence-corrected chi connectivity index (χ1v) is 3.67. The van der Waals surface area contributed by atoms with Crippen molar-refractivity contribution in [2.24, 2.45) is 5.73 Å². The fraction of sp³-hybridized carbons (Fsp3) is 0.286. The molecule has 5 heteroatoms. The number of aromatic nitrogens is 4. The standard InChI is InChI=1S/C7H9N5/c1-5-3-9-7-10-6(2-8)11-12(7)4-5/h3-4H,2,8H2,1H3. The fourth-order valence-electron chi connectivity index (χ4n) is 1.00. The minimum absolute atomic E-state index is 0.350. The van der Waals surface area contributed by atoms with Crippen LogP contribution in [0.4, 0.5) is 0 Å². The first kappa shape index (κ1) is 7.17. The third kappa shape index (κ3) is 1.04. The van der Waals surface area contributed by atoms with Crippen LogP contribution >= 0.6 is 0 Å². The highest BCUT2D eigenvalue weighted by atomic mass is 15.3. The molecule has 12 heavy (non-hydrogen) atoms. The monoisotopic (exact) mass is 163 g/mol. The van der Waals surface area contributed by atoms with Crippen LogP contribution in [0, 0.1) is 6.92 Å². The van der Waals surface area contributed by atoms with Crippen LogP contribution in [0.1, 0.15) is 11.4 Å². The molecule has 0 aliphatic carbocycles. The van der Waals surface area contributed by atoms with Gasteiger partial charge in [0.25, 0.3) is 5.78 Å². The summed E-state index contributed by atoms with van der Waals surface area (Å²) in [6, 6.07) is 0. The van der Waals surface area contributed by atoms with Gasteiger partial charge in [-0.3, -0.25) is 0 Å². The lowest BCUT2D eigenvalue weighted by Crippen LogP contribution is -1.98. The quantitative estimate of drug-likeness (QED) is 0.637. The van der Waals surface area contributed by atoms with Gasteiger partial charge in [-0.25, -0.2) is 9.50 Å². The first-order chi connectivity index (χ1) is 5.79. The molecule has 0 bridgehead atoms. The molecule has 0 unspecified atom stereocenters. The van der Waals surface area contributed by atoms with Crippen molar-refractivity contribution < 1.29 is 0 Å². The van der Waals surface area contributed by atoms with Crippen molar-refractivity contribution in [3.05, 3.63) is 23.8 Å². The van der Waals surface area contributed by atoms with Crippen molar-refractivity contribution >= 4 is 5.78 Å². The SMILES string of the molecule is Cc1cnc2nc(CN)nn2c1. The number of aryl methyl sites for hydroxylation is 1. The molecule has 0 amide bonds. The first-order valence-electron chi connectivity index (χ1n) is 3.67. The predicted octanol–water partition coefficient (Wildman–Crippen LogP) is -0.109. The third-order valence-corrected chi connectivity index (χ3v) is 1.55. The molecule has 0 aliphatic heterocycles. The van der Waals surface area contributed by atoms with Crippen LogP contribution in [0.5, 0.6) is 0 Å². The highest BCUT2D eigenvalue weighted by Crippen LogP contribution is 1.99. The lowest BCUT2D eigenvalue weighted by Gasteiger charge is -1.90. The molecular weight excluding hydrogens is 154 g/mol. The topological polar surface area (TPSA) is 69.1 Å². The molecule has 0 aromatic carbocycles. The van der Waals surface area contributed by atoms with E-state index in [1.54, 1.807) is 10.7 Å². The maximum atomic E-state index is 5.39. The average molecular weight is 163 g/mol. The minimum Gasteiger partial charge on any atom is -0.324 e. The lowest BCUT2D eigenvalue weighted by atomic mass is 10.4. The van der Waals surface area contributed by atoms with Crippen LogP contribution in [0.3, 0.4) is 0 Å². The van der Waals surface area contributed by atoms with Crippen molar-refractivity contribution in [2.45, 2.75) is 13.5 Å². The van der Waals surface area contributed by atoms with Crippen molar-refractivity contribution in [1.29, 1.82) is 0 Å². The van der Waals surface area contributed by atoms with Crippen LogP contribution in [-0.2, 0) is 6.54 Å². The summed E-state index contributed by atoms with van der Waals surface area (Å²) in [7, 11) is 0.